The van der Waals surface area contributed by atoms with E-state index < -0.39 is 5.82 Å². The van der Waals surface area contributed by atoms with E-state index in [0.29, 0.717) is 19.0 Å². The van der Waals surface area contributed by atoms with Crippen LogP contribution in [0.4, 0.5) is 4.39 Å². The Bertz CT molecular complexity index is 923. The van der Waals surface area contributed by atoms with Gasteiger partial charge >= 0.3 is 0 Å². The maximum atomic E-state index is 13.9. The minimum absolute atomic E-state index is 0.171. The van der Waals surface area contributed by atoms with Gasteiger partial charge in [-0.1, -0.05) is 30.3 Å². The van der Waals surface area contributed by atoms with E-state index in [-0.39, 0.29) is 11.5 Å². The Balaban J connectivity index is 1.53. The van der Waals surface area contributed by atoms with Crippen molar-refractivity contribution in [1.82, 2.24) is 9.88 Å². The first-order chi connectivity index (χ1) is 12.1. The molecule has 128 valence electrons. The van der Waals surface area contributed by atoms with Crippen molar-refractivity contribution < 1.29 is 9.18 Å². The minimum Gasteiger partial charge on any atom is -0.358 e. The summed E-state index contributed by atoms with van der Waals surface area (Å²) in [5, 5.41) is 1.28. The molecule has 25 heavy (non-hydrogen) atoms. The number of fused-ring (bicyclic) bond motifs is 1. The molecule has 1 saturated heterocycles. The van der Waals surface area contributed by atoms with Crippen LogP contribution >= 0.6 is 0 Å². The van der Waals surface area contributed by atoms with Crippen LogP contribution in [0.1, 0.15) is 40.4 Å². The third-order valence-corrected chi connectivity index (χ3v) is 5.24. The number of halogens is 1. The molecule has 0 atom stereocenters. The highest BCUT2D eigenvalue weighted by Crippen LogP contribution is 2.35. The summed E-state index contributed by atoms with van der Waals surface area (Å²) in [6, 6.07) is 14.6. The second-order valence-electron chi connectivity index (χ2n) is 6.76. The van der Waals surface area contributed by atoms with Gasteiger partial charge < -0.3 is 9.88 Å². The molecule has 0 radical (unpaired) electrons. The van der Waals surface area contributed by atoms with Gasteiger partial charge in [0.25, 0.3) is 5.91 Å². The highest BCUT2D eigenvalue weighted by molar-refractivity contribution is 5.94. The summed E-state index contributed by atoms with van der Waals surface area (Å²) in [7, 11) is 0. The molecule has 1 fully saturated rings. The molecular formula is C21H21FN2O. The molecule has 4 heteroatoms. The van der Waals surface area contributed by atoms with Gasteiger partial charge in [0.2, 0.25) is 0 Å². The number of nitrogens with zero attached hydrogens (tertiary/aromatic N) is 1. The number of aromatic nitrogens is 1. The smallest absolute Gasteiger partial charge is 0.256 e. The van der Waals surface area contributed by atoms with Crippen molar-refractivity contribution in [3.8, 4) is 0 Å². The Kier molecular flexibility index (Phi) is 4.04. The van der Waals surface area contributed by atoms with Gasteiger partial charge in [0.15, 0.2) is 0 Å². The van der Waals surface area contributed by atoms with Gasteiger partial charge in [-0.25, -0.2) is 4.39 Å². The predicted octanol–water partition coefficient (Wildman–Crippen LogP) is 4.64. The molecule has 0 aliphatic carbocycles. The topological polar surface area (TPSA) is 36.1 Å². The first-order valence-corrected chi connectivity index (χ1v) is 8.76. The van der Waals surface area contributed by atoms with Crippen molar-refractivity contribution in [3.05, 3.63) is 71.2 Å². The van der Waals surface area contributed by atoms with E-state index in [4.69, 9.17) is 0 Å². The maximum Gasteiger partial charge on any atom is 0.256 e. The molecule has 2 aromatic carbocycles. The first-order valence-electron chi connectivity index (χ1n) is 8.76. The van der Waals surface area contributed by atoms with E-state index in [1.807, 2.05) is 6.07 Å². The lowest BCUT2D eigenvalue weighted by atomic mass is 9.87. The zero-order valence-electron chi connectivity index (χ0n) is 14.3. The van der Waals surface area contributed by atoms with Crippen LogP contribution in [0.15, 0.2) is 48.5 Å². The number of aromatic amines is 1. The van der Waals surface area contributed by atoms with Crippen LogP contribution in [-0.2, 0) is 0 Å². The molecule has 0 unspecified atom stereocenters. The standard InChI is InChI=1S/C21H21FN2O/c1-14-20(17-7-3-5-9-19(17)23-14)15-10-12-24(13-11-15)21(25)16-6-2-4-8-18(16)22/h2-9,15,23H,10-13H2,1H3. The minimum atomic E-state index is -0.443. The number of nitrogens with one attached hydrogen (secondary N) is 1. The highest BCUT2D eigenvalue weighted by Gasteiger charge is 2.28. The summed E-state index contributed by atoms with van der Waals surface area (Å²) in [5.41, 5.74) is 3.91. The average molecular weight is 336 g/mol. The Hall–Kier alpha value is -2.62. The summed E-state index contributed by atoms with van der Waals surface area (Å²) >= 11 is 0. The van der Waals surface area contributed by atoms with Crippen molar-refractivity contribution in [2.45, 2.75) is 25.7 Å². The van der Waals surface area contributed by atoms with E-state index in [2.05, 4.69) is 30.1 Å². The number of para-hydroxylation sites is 1. The summed E-state index contributed by atoms with van der Waals surface area (Å²) in [6.45, 7) is 3.44. The zero-order chi connectivity index (χ0) is 17.4. The van der Waals surface area contributed by atoms with Crippen molar-refractivity contribution in [2.75, 3.05) is 13.1 Å². The van der Waals surface area contributed by atoms with Crippen LogP contribution in [0.2, 0.25) is 0 Å². The maximum absolute atomic E-state index is 13.9. The fourth-order valence-corrected chi connectivity index (χ4v) is 4.00. The Morgan fingerprint density at radius 3 is 2.52 bits per heavy atom. The van der Waals surface area contributed by atoms with E-state index in [1.165, 1.54) is 28.2 Å². The molecule has 0 bridgehead atoms. The molecule has 3 nitrogen and oxygen atoms in total. The quantitative estimate of drug-likeness (QED) is 0.727. The number of aryl methyl sites for hydroxylation is 1. The third-order valence-electron chi connectivity index (χ3n) is 5.24. The summed E-state index contributed by atoms with van der Waals surface area (Å²) in [4.78, 5) is 17.8. The van der Waals surface area contributed by atoms with Crippen molar-refractivity contribution >= 4 is 16.8 Å². The molecule has 3 aromatic rings. The molecule has 1 aromatic heterocycles. The Morgan fingerprint density at radius 1 is 1.08 bits per heavy atom. The molecule has 1 amide bonds. The van der Waals surface area contributed by atoms with Gasteiger partial charge in [-0.2, -0.15) is 0 Å². The average Bonchev–Trinajstić information content (AvgIpc) is 2.97. The number of piperidine rings is 1. The fourth-order valence-electron chi connectivity index (χ4n) is 4.00. The Labute approximate surface area is 146 Å². The third kappa shape index (κ3) is 2.82. The van der Waals surface area contributed by atoms with E-state index >= 15 is 0 Å². The molecule has 0 spiro atoms. The Morgan fingerprint density at radius 2 is 1.76 bits per heavy atom. The highest BCUT2D eigenvalue weighted by atomic mass is 19.1. The van der Waals surface area contributed by atoms with Crippen molar-refractivity contribution in [2.24, 2.45) is 0 Å². The van der Waals surface area contributed by atoms with Crippen molar-refractivity contribution in [3.63, 3.8) is 0 Å². The van der Waals surface area contributed by atoms with Gasteiger partial charge in [-0.3, -0.25) is 4.79 Å². The predicted molar refractivity (Wildman–Crippen MR) is 97.3 cm³/mol. The monoisotopic (exact) mass is 336 g/mol. The number of hydrogen-bond donors (Lipinski definition) is 1. The number of amides is 1. The zero-order valence-corrected chi connectivity index (χ0v) is 14.3. The van der Waals surface area contributed by atoms with Crippen LogP contribution in [0, 0.1) is 12.7 Å². The van der Waals surface area contributed by atoms with E-state index in [1.54, 1.807) is 23.1 Å². The molecule has 1 aliphatic heterocycles. The summed E-state index contributed by atoms with van der Waals surface area (Å²) < 4.78 is 13.9. The summed E-state index contributed by atoms with van der Waals surface area (Å²) in [5.74, 6) is -0.213. The first kappa shape index (κ1) is 15.9. The van der Waals surface area contributed by atoms with Crippen molar-refractivity contribution in [1.29, 1.82) is 0 Å². The van der Waals surface area contributed by atoms with Crippen LogP contribution in [-0.4, -0.2) is 28.9 Å². The van der Waals surface area contributed by atoms with E-state index in [9.17, 15) is 9.18 Å². The number of carbonyl (C=O) groups excluding carboxylic acids is 1. The van der Waals surface area contributed by atoms with Crippen LogP contribution in [0.5, 0.6) is 0 Å². The van der Waals surface area contributed by atoms with Crippen LogP contribution in [0.25, 0.3) is 10.9 Å². The van der Waals surface area contributed by atoms with Gasteiger partial charge in [0.1, 0.15) is 5.82 Å². The van der Waals surface area contributed by atoms with Crippen LogP contribution < -0.4 is 0 Å². The van der Waals surface area contributed by atoms with Gasteiger partial charge in [-0.05, 0) is 49.4 Å². The molecule has 1 N–H and O–H groups in total. The molecule has 0 saturated carbocycles. The van der Waals surface area contributed by atoms with Gasteiger partial charge in [0.05, 0.1) is 5.56 Å². The lowest BCUT2D eigenvalue weighted by Gasteiger charge is -2.32. The second-order valence-corrected chi connectivity index (χ2v) is 6.76. The lowest BCUT2D eigenvalue weighted by Crippen LogP contribution is -2.38. The normalized spacial score (nSPS) is 15.7. The second kappa shape index (κ2) is 6.36. The molecule has 4 rings (SSSR count). The molecule has 2 heterocycles. The molecular weight excluding hydrogens is 315 g/mol. The number of rotatable bonds is 2. The fraction of sp³-hybridized carbons (Fsp3) is 0.286. The lowest BCUT2D eigenvalue weighted by molar-refractivity contribution is 0.0708. The van der Waals surface area contributed by atoms with Gasteiger partial charge in [-0.15, -0.1) is 0 Å². The number of likely N-dealkylation sites (tertiary alicyclic amines) is 1. The molecule has 1 aliphatic rings. The number of hydrogen-bond acceptors (Lipinski definition) is 1. The van der Waals surface area contributed by atoms with Crippen LogP contribution in [0.3, 0.4) is 0 Å². The number of benzene rings is 2. The summed E-state index contributed by atoms with van der Waals surface area (Å²) in [6.07, 6.45) is 1.81. The number of H-pyrrole nitrogens is 1. The van der Waals surface area contributed by atoms with Gasteiger partial charge in [0, 0.05) is 29.7 Å². The van der Waals surface area contributed by atoms with E-state index in [0.717, 1.165) is 12.8 Å². The SMILES string of the molecule is Cc1[nH]c2ccccc2c1C1CCN(C(=O)c2ccccc2F)CC1. The largest absolute Gasteiger partial charge is 0.358 e. The number of carbonyl (C=O) groups is 1.